The van der Waals surface area contributed by atoms with Gasteiger partial charge in [-0.2, -0.15) is 0 Å². The molecule has 1 nitrogen and oxygen atoms in total. The second kappa shape index (κ2) is 4.00. The third-order valence-corrected chi connectivity index (χ3v) is 6.42. The van der Waals surface area contributed by atoms with Gasteiger partial charge in [0.1, 0.15) is 0 Å². The predicted octanol–water partition coefficient (Wildman–Crippen LogP) is 5.17. The quantitative estimate of drug-likeness (QED) is 0.683. The van der Waals surface area contributed by atoms with Crippen molar-refractivity contribution in [2.45, 2.75) is 59.3 Å². The Morgan fingerprint density at radius 1 is 0.952 bits per heavy atom. The fourth-order valence-corrected chi connectivity index (χ4v) is 6.71. The van der Waals surface area contributed by atoms with Gasteiger partial charge in [-0.05, 0) is 62.2 Å². The lowest BCUT2D eigenvalue weighted by Crippen LogP contribution is -2.57. The number of benzene rings is 1. The number of Topliss-reactive ketones (excluding diaryl/α,β-unsaturated/α-hetero) is 1. The number of hydrogen-bond donors (Lipinski definition) is 0. The number of hydrogen-bond acceptors (Lipinski definition) is 1. The van der Waals surface area contributed by atoms with Crippen LogP contribution in [0.4, 0.5) is 0 Å². The summed E-state index contributed by atoms with van der Waals surface area (Å²) in [6.07, 6.45) is 7.43. The maximum absolute atomic E-state index is 13.3. The van der Waals surface area contributed by atoms with Gasteiger partial charge in [0.2, 0.25) is 0 Å². The lowest BCUT2D eigenvalue weighted by Gasteiger charge is -2.64. The van der Waals surface area contributed by atoms with Crippen LogP contribution in [-0.4, -0.2) is 5.78 Å². The molecular weight excluding hydrogens is 256 g/mol. The van der Waals surface area contributed by atoms with E-state index in [-0.39, 0.29) is 5.41 Å². The van der Waals surface area contributed by atoms with Crippen LogP contribution >= 0.6 is 0 Å². The van der Waals surface area contributed by atoms with Crippen LogP contribution in [0.5, 0.6) is 0 Å². The molecule has 1 aromatic carbocycles. The van der Waals surface area contributed by atoms with Crippen LogP contribution in [0.25, 0.3) is 0 Å². The van der Waals surface area contributed by atoms with Crippen molar-refractivity contribution in [1.82, 2.24) is 0 Å². The molecule has 4 fully saturated rings. The molecule has 1 aromatic rings. The molecule has 0 aliphatic heterocycles. The van der Waals surface area contributed by atoms with Crippen molar-refractivity contribution in [2.75, 3.05) is 0 Å². The zero-order valence-electron chi connectivity index (χ0n) is 13.5. The van der Waals surface area contributed by atoms with Gasteiger partial charge in [0.05, 0.1) is 0 Å². The molecule has 0 spiro atoms. The first kappa shape index (κ1) is 13.5. The van der Waals surface area contributed by atoms with Crippen LogP contribution in [0, 0.1) is 29.1 Å². The van der Waals surface area contributed by atoms with Gasteiger partial charge in [-0.1, -0.05) is 43.7 Å². The van der Waals surface area contributed by atoms with E-state index in [4.69, 9.17) is 0 Å². The second-order valence-corrected chi connectivity index (χ2v) is 9.11. The molecule has 112 valence electrons. The molecule has 4 aliphatic rings. The van der Waals surface area contributed by atoms with Gasteiger partial charge >= 0.3 is 0 Å². The predicted molar refractivity (Wildman–Crippen MR) is 85.3 cm³/mol. The Morgan fingerprint density at radius 3 is 2.05 bits per heavy atom. The fraction of sp³-hybridized carbons (Fsp3) is 0.650. The van der Waals surface area contributed by atoms with E-state index in [9.17, 15) is 4.79 Å². The van der Waals surface area contributed by atoms with Crippen LogP contribution in [0.15, 0.2) is 24.3 Å². The summed E-state index contributed by atoms with van der Waals surface area (Å²) in [5, 5.41) is 0. The molecule has 0 radical (unpaired) electrons. The molecular formula is C20H26O. The first-order valence-corrected chi connectivity index (χ1v) is 8.43. The lowest BCUT2D eigenvalue weighted by atomic mass is 9.39. The van der Waals surface area contributed by atoms with Gasteiger partial charge in [-0.25, -0.2) is 0 Å². The molecule has 0 heterocycles. The smallest absolute Gasteiger partial charge is 0.169 e. The van der Waals surface area contributed by atoms with E-state index < -0.39 is 0 Å². The van der Waals surface area contributed by atoms with Gasteiger partial charge in [-0.3, -0.25) is 4.79 Å². The standard InChI is InChI=1S/C20H26O/c1-14-4-6-16(7-5-14)17(21)20-10-15-8-18(2,12-20)11-19(3,9-15)13-20/h4-7,15H,8-13H2,1-3H3. The lowest BCUT2D eigenvalue weighted by molar-refractivity contribution is -0.125. The normalized spacial score (nSPS) is 44.0. The molecule has 4 bridgehead atoms. The highest BCUT2D eigenvalue weighted by molar-refractivity contribution is 6.01. The summed E-state index contributed by atoms with van der Waals surface area (Å²) in [6.45, 7) is 6.96. The minimum atomic E-state index is -0.0574. The van der Waals surface area contributed by atoms with Gasteiger partial charge < -0.3 is 0 Å². The van der Waals surface area contributed by atoms with Crippen molar-refractivity contribution in [1.29, 1.82) is 0 Å². The number of aryl methyl sites for hydroxylation is 1. The Labute approximate surface area is 128 Å². The van der Waals surface area contributed by atoms with E-state index in [0.29, 0.717) is 16.6 Å². The third-order valence-electron chi connectivity index (χ3n) is 6.42. The summed E-state index contributed by atoms with van der Waals surface area (Å²) in [4.78, 5) is 13.3. The van der Waals surface area contributed by atoms with Crippen LogP contribution in [0.1, 0.15) is 68.3 Å². The minimum absolute atomic E-state index is 0.0574. The summed E-state index contributed by atoms with van der Waals surface area (Å²) < 4.78 is 0. The Balaban J connectivity index is 1.74. The zero-order valence-corrected chi connectivity index (χ0v) is 13.5. The van der Waals surface area contributed by atoms with Gasteiger partial charge in [0.25, 0.3) is 0 Å². The summed E-state index contributed by atoms with van der Waals surface area (Å²) in [5.74, 6) is 1.22. The van der Waals surface area contributed by atoms with Crippen LogP contribution < -0.4 is 0 Å². The van der Waals surface area contributed by atoms with E-state index in [2.05, 4.69) is 32.9 Å². The van der Waals surface area contributed by atoms with Crippen LogP contribution in [0.2, 0.25) is 0 Å². The average Bonchev–Trinajstić information content (AvgIpc) is 2.34. The number of carbonyl (C=O) groups is 1. The third kappa shape index (κ3) is 2.00. The molecule has 4 aliphatic carbocycles. The van der Waals surface area contributed by atoms with Crippen molar-refractivity contribution < 1.29 is 4.79 Å². The Kier molecular flexibility index (Phi) is 2.58. The molecule has 4 saturated carbocycles. The number of rotatable bonds is 2. The summed E-state index contributed by atoms with van der Waals surface area (Å²) in [7, 11) is 0. The molecule has 0 amide bonds. The Hall–Kier alpha value is -1.11. The van der Waals surface area contributed by atoms with E-state index in [1.165, 1.54) is 24.8 Å². The van der Waals surface area contributed by atoms with E-state index in [1.54, 1.807) is 0 Å². The van der Waals surface area contributed by atoms with Crippen molar-refractivity contribution >= 4 is 5.78 Å². The summed E-state index contributed by atoms with van der Waals surface area (Å²) >= 11 is 0. The Bertz CT molecular complexity index is 579. The summed E-state index contributed by atoms with van der Waals surface area (Å²) in [6, 6.07) is 8.25. The molecule has 0 saturated heterocycles. The number of ketones is 1. The van der Waals surface area contributed by atoms with E-state index >= 15 is 0 Å². The highest BCUT2D eigenvalue weighted by atomic mass is 16.1. The zero-order chi connectivity index (χ0) is 14.9. The molecule has 1 heteroatoms. The van der Waals surface area contributed by atoms with Crippen molar-refractivity contribution in [2.24, 2.45) is 22.2 Å². The number of carbonyl (C=O) groups excluding carboxylic acids is 1. The molecule has 2 atom stereocenters. The SMILES string of the molecule is Cc1ccc(C(=O)C23CC4CC(C)(CC(C)(C4)C2)C3)cc1. The van der Waals surface area contributed by atoms with Crippen molar-refractivity contribution in [3.8, 4) is 0 Å². The molecule has 0 N–H and O–H groups in total. The maximum Gasteiger partial charge on any atom is 0.169 e. The first-order chi connectivity index (χ1) is 9.82. The monoisotopic (exact) mass is 282 g/mol. The highest BCUT2D eigenvalue weighted by Gasteiger charge is 2.62. The topological polar surface area (TPSA) is 17.1 Å². The van der Waals surface area contributed by atoms with Crippen LogP contribution in [-0.2, 0) is 0 Å². The van der Waals surface area contributed by atoms with E-state index in [1.807, 2.05) is 12.1 Å². The minimum Gasteiger partial charge on any atom is -0.294 e. The van der Waals surface area contributed by atoms with Crippen molar-refractivity contribution in [3.63, 3.8) is 0 Å². The Morgan fingerprint density at radius 2 is 1.52 bits per heavy atom. The second-order valence-electron chi connectivity index (χ2n) is 9.11. The maximum atomic E-state index is 13.3. The van der Waals surface area contributed by atoms with E-state index in [0.717, 1.165) is 30.7 Å². The molecule has 5 rings (SSSR count). The molecule has 2 unspecified atom stereocenters. The first-order valence-electron chi connectivity index (χ1n) is 8.43. The van der Waals surface area contributed by atoms with Gasteiger partial charge in [0.15, 0.2) is 5.78 Å². The molecule has 21 heavy (non-hydrogen) atoms. The van der Waals surface area contributed by atoms with Crippen molar-refractivity contribution in [3.05, 3.63) is 35.4 Å². The average molecular weight is 282 g/mol. The van der Waals surface area contributed by atoms with Gasteiger partial charge in [0, 0.05) is 11.0 Å². The molecule has 0 aromatic heterocycles. The largest absolute Gasteiger partial charge is 0.294 e. The summed E-state index contributed by atoms with van der Waals surface area (Å²) in [5.41, 5.74) is 2.94. The highest BCUT2D eigenvalue weighted by Crippen LogP contribution is 2.70. The van der Waals surface area contributed by atoms with Crippen LogP contribution in [0.3, 0.4) is 0 Å². The fourth-order valence-electron chi connectivity index (χ4n) is 6.71. The van der Waals surface area contributed by atoms with Gasteiger partial charge in [-0.15, -0.1) is 0 Å².